The molecule has 1 fully saturated rings. The van der Waals surface area contributed by atoms with Crippen molar-refractivity contribution in [1.82, 2.24) is 5.32 Å². The lowest BCUT2D eigenvalue weighted by Gasteiger charge is -2.32. The van der Waals surface area contributed by atoms with Crippen LogP contribution in [0, 0.1) is 17.3 Å². The summed E-state index contributed by atoms with van der Waals surface area (Å²) in [6.45, 7) is 9.16. The van der Waals surface area contributed by atoms with Crippen LogP contribution in [0.4, 0.5) is 0 Å². The Balaban J connectivity index is 2.71. The molecule has 3 N–H and O–H groups in total. The molecule has 0 spiro atoms. The van der Waals surface area contributed by atoms with Crippen LogP contribution in [0.5, 0.6) is 0 Å². The van der Waals surface area contributed by atoms with Crippen molar-refractivity contribution in [2.45, 2.75) is 65.8 Å². The second-order valence-electron chi connectivity index (χ2n) is 6.65. The molecular formula is C15H30N2O. The number of carbonyl (C=O) groups is 1. The molecule has 0 aromatic carbocycles. The third kappa shape index (κ3) is 3.71. The molecule has 3 nitrogen and oxygen atoms in total. The van der Waals surface area contributed by atoms with E-state index in [1.54, 1.807) is 0 Å². The molecule has 0 saturated heterocycles. The highest BCUT2D eigenvalue weighted by Crippen LogP contribution is 2.43. The molecule has 3 heteroatoms. The zero-order valence-corrected chi connectivity index (χ0v) is 12.5. The summed E-state index contributed by atoms with van der Waals surface area (Å²) in [5.74, 6) is 1.22. The summed E-state index contributed by atoms with van der Waals surface area (Å²) in [5.41, 5.74) is 5.64. The van der Waals surface area contributed by atoms with Gasteiger partial charge < -0.3 is 11.1 Å². The van der Waals surface area contributed by atoms with Crippen molar-refractivity contribution in [3.05, 3.63) is 0 Å². The molecular weight excluding hydrogens is 224 g/mol. The minimum Gasteiger partial charge on any atom is -0.351 e. The smallest absolute Gasteiger partial charge is 0.226 e. The molecule has 1 saturated carbocycles. The van der Waals surface area contributed by atoms with Crippen LogP contribution in [0.1, 0.15) is 59.8 Å². The van der Waals surface area contributed by atoms with Gasteiger partial charge in [-0.25, -0.2) is 0 Å². The van der Waals surface area contributed by atoms with E-state index in [2.05, 4.69) is 33.0 Å². The van der Waals surface area contributed by atoms with E-state index in [-0.39, 0.29) is 17.4 Å². The van der Waals surface area contributed by atoms with Gasteiger partial charge in [-0.05, 0) is 31.1 Å². The number of rotatable bonds is 6. The van der Waals surface area contributed by atoms with E-state index in [9.17, 15) is 4.79 Å². The maximum atomic E-state index is 12.6. The summed E-state index contributed by atoms with van der Waals surface area (Å²) in [7, 11) is 0. The lowest BCUT2D eigenvalue weighted by Crippen LogP contribution is -2.49. The number of nitrogens with two attached hydrogens (primary N) is 1. The van der Waals surface area contributed by atoms with Gasteiger partial charge in [0.2, 0.25) is 5.91 Å². The van der Waals surface area contributed by atoms with Crippen LogP contribution in [0.15, 0.2) is 0 Å². The molecule has 0 aromatic rings. The largest absolute Gasteiger partial charge is 0.351 e. The minimum absolute atomic E-state index is 0.113. The van der Waals surface area contributed by atoms with Gasteiger partial charge in [0.05, 0.1) is 0 Å². The van der Waals surface area contributed by atoms with Crippen LogP contribution in [0.25, 0.3) is 0 Å². The van der Waals surface area contributed by atoms with Crippen molar-refractivity contribution in [1.29, 1.82) is 0 Å². The standard InChI is InChI=1S/C15H30N2O/c1-11(2)9-15(7-5-6-8-15)14(18)17-13(10-16)12(3)4/h11-13H,5-10,16H2,1-4H3,(H,17,18). The molecule has 1 aliphatic rings. The van der Waals surface area contributed by atoms with Crippen molar-refractivity contribution in [2.24, 2.45) is 23.0 Å². The zero-order chi connectivity index (χ0) is 13.8. The van der Waals surface area contributed by atoms with E-state index in [1.165, 1.54) is 12.8 Å². The summed E-state index contributed by atoms with van der Waals surface area (Å²) < 4.78 is 0. The molecule has 0 aliphatic heterocycles. The Labute approximate surface area is 112 Å². The zero-order valence-electron chi connectivity index (χ0n) is 12.5. The molecule has 1 aliphatic carbocycles. The van der Waals surface area contributed by atoms with Crippen LogP contribution in [0.3, 0.4) is 0 Å². The van der Waals surface area contributed by atoms with Gasteiger partial charge in [-0.3, -0.25) is 4.79 Å². The Hall–Kier alpha value is -0.570. The lowest BCUT2D eigenvalue weighted by atomic mass is 9.77. The Kier molecular flexibility index (Phi) is 5.64. The summed E-state index contributed by atoms with van der Waals surface area (Å²) in [5, 5.41) is 3.19. The number of hydrogen-bond donors (Lipinski definition) is 2. The van der Waals surface area contributed by atoms with E-state index in [1.807, 2.05) is 0 Å². The first-order chi connectivity index (χ1) is 8.41. The van der Waals surface area contributed by atoms with Gasteiger partial charge in [-0.15, -0.1) is 0 Å². The first-order valence-corrected chi connectivity index (χ1v) is 7.42. The van der Waals surface area contributed by atoms with E-state index in [4.69, 9.17) is 5.73 Å². The van der Waals surface area contributed by atoms with Gasteiger partial charge in [0.15, 0.2) is 0 Å². The molecule has 1 atom stereocenters. The van der Waals surface area contributed by atoms with Gasteiger partial charge >= 0.3 is 0 Å². The number of amides is 1. The van der Waals surface area contributed by atoms with E-state index < -0.39 is 0 Å². The molecule has 0 aromatic heterocycles. The van der Waals surface area contributed by atoms with Gasteiger partial charge in [0, 0.05) is 18.0 Å². The van der Waals surface area contributed by atoms with E-state index in [0.717, 1.165) is 19.3 Å². The monoisotopic (exact) mass is 254 g/mol. The molecule has 18 heavy (non-hydrogen) atoms. The van der Waals surface area contributed by atoms with E-state index >= 15 is 0 Å². The molecule has 0 bridgehead atoms. The SMILES string of the molecule is CC(C)CC1(C(=O)NC(CN)C(C)C)CCCC1. The first-order valence-electron chi connectivity index (χ1n) is 7.42. The second kappa shape index (κ2) is 6.55. The Morgan fingerprint density at radius 3 is 2.17 bits per heavy atom. The van der Waals surface area contributed by atoms with Crippen molar-refractivity contribution in [3.63, 3.8) is 0 Å². The highest BCUT2D eigenvalue weighted by molar-refractivity contribution is 5.83. The lowest BCUT2D eigenvalue weighted by molar-refractivity contribution is -0.132. The summed E-state index contributed by atoms with van der Waals surface area (Å²) in [4.78, 5) is 12.6. The molecule has 1 unspecified atom stereocenters. The fourth-order valence-electron chi connectivity index (χ4n) is 3.18. The fraction of sp³-hybridized carbons (Fsp3) is 0.933. The van der Waals surface area contributed by atoms with Crippen molar-refractivity contribution in [3.8, 4) is 0 Å². The average Bonchev–Trinajstić information content (AvgIpc) is 2.73. The number of nitrogens with one attached hydrogen (secondary N) is 1. The topological polar surface area (TPSA) is 55.1 Å². The number of hydrogen-bond acceptors (Lipinski definition) is 2. The Morgan fingerprint density at radius 2 is 1.78 bits per heavy atom. The van der Waals surface area contributed by atoms with Crippen molar-refractivity contribution < 1.29 is 4.79 Å². The van der Waals surface area contributed by atoms with Crippen LogP contribution >= 0.6 is 0 Å². The average molecular weight is 254 g/mol. The van der Waals surface area contributed by atoms with Gasteiger partial charge in [-0.1, -0.05) is 40.5 Å². The molecule has 0 heterocycles. The molecule has 1 amide bonds. The fourth-order valence-corrected chi connectivity index (χ4v) is 3.18. The molecule has 106 valence electrons. The highest BCUT2D eigenvalue weighted by Gasteiger charge is 2.41. The maximum Gasteiger partial charge on any atom is 0.226 e. The van der Waals surface area contributed by atoms with Crippen molar-refractivity contribution in [2.75, 3.05) is 6.54 Å². The summed E-state index contributed by atoms with van der Waals surface area (Å²) >= 11 is 0. The normalized spacial score (nSPS) is 20.4. The second-order valence-corrected chi connectivity index (χ2v) is 6.65. The van der Waals surface area contributed by atoms with Crippen molar-refractivity contribution >= 4 is 5.91 Å². The van der Waals surface area contributed by atoms with Crippen LogP contribution in [0.2, 0.25) is 0 Å². The molecule has 1 rings (SSSR count). The van der Waals surface area contributed by atoms with Gasteiger partial charge in [0.1, 0.15) is 0 Å². The first kappa shape index (κ1) is 15.5. The predicted molar refractivity (Wildman–Crippen MR) is 76.2 cm³/mol. The Bertz CT molecular complexity index is 268. The third-order valence-electron chi connectivity index (χ3n) is 4.22. The van der Waals surface area contributed by atoms with Gasteiger partial charge in [-0.2, -0.15) is 0 Å². The van der Waals surface area contributed by atoms with E-state index in [0.29, 0.717) is 18.4 Å². The predicted octanol–water partition coefficient (Wildman–Crippen LogP) is 2.69. The van der Waals surface area contributed by atoms with Crippen LogP contribution in [-0.2, 0) is 4.79 Å². The minimum atomic E-state index is -0.115. The summed E-state index contributed by atoms with van der Waals surface area (Å²) in [6, 6.07) is 0.113. The Morgan fingerprint density at radius 1 is 1.22 bits per heavy atom. The van der Waals surface area contributed by atoms with Gasteiger partial charge in [0.25, 0.3) is 0 Å². The van der Waals surface area contributed by atoms with Crippen LogP contribution in [-0.4, -0.2) is 18.5 Å². The highest BCUT2D eigenvalue weighted by atomic mass is 16.2. The maximum absolute atomic E-state index is 12.6. The van der Waals surface area contributed by atoms with Crippen LogP contribution < -0.4 is 11.1 Å². The molecule has 0 radical (unpaired) electrons. The quantitative estimate of drug-likeness (QED) is 0.765. The third-order valence-corrected chi connectivity index (χ3v) is 4.22. The summed E-state index contributed by atoms with van der Waals surface area (Å²) in [6.07, 6.45) is 5.48. The number of carbonyl (C=O) groups excluding carboxylic acids is 1.